The van der Waals surface area contributed by atoms with Crippen molar-refractivity contribution in [2.45, 2.75) is 33.9 Å². The van der Waals surface area contributed by atoms with Crippen molar-refractivity contribution < 1.29 is 0 Å². The summed E-state index contributed by atoms with van der Waals surface area (Å²) in [6.07, 6.45) is 5.59. The van der Waals surface area contributed by atoms with Crippen molar-refractivity contribution in [2.75, 3.05) is 5.32 Å². The van der Waals surface area contributed by atoms with Crippen LogP contribution in [0.1, 0.15) is 25.4 Å². The number of aromatic nitrogens is 4. The van der Waals surface area contributed by atoms with E-state index in [0.29, 0.717) is 12.5 Å². The Morgan fingerprint density at radius 1 is 1.28 bits per heavy atom. The van der Waals surface area contributed by atoms with Crippen LogP contribution in [0.15, 0.2) is 24.7 Å². The van der Waals surface area contributed by atoms with E-state index in [9.17, 15) is 0 Å². The summed E-state index contributed by atoms with van der Waals surface area (Å²) in [5.41, 5.74) is 0.974. The van der Waals surface area contributed by atoms with Gasteiger partial charge in [-0.05, 0) is 18.9 Å². The van der Waals surface area contributed by atoms with Crippen LogP contribution in [-0.4, -0.2) is 19.5 Å². The first-order valence-corrected chi connectivity index (χ1v) is 6.18. The van der Waals surface area contributed by atoms with Crippen molar-refractivity contribution in [1.29, 1.82) is 0 Å². The third-order valence-electron chi connectivity index (χ3n) is 2.54. The number of anilines is 1. The third-order valence-corrected chi connectivity index (χ3v) is 2.54. The van der Waals surface area contributed by atoms with Gasteiger partial charge in [0.15, 0.2) is 0 Å². The van der Waals surface area contributed by atoms with E-state index in [-0.39, 0.29) is 0 Å². The molecular weight excluding hydrogens is 226 g/mol. The molecule has 0 atom stereocenters. The lowest BCUT2D eigenvalue weighted by atomic mass is 10.2. The summed E-state index contributed by atoms with van der Waals surface area (Å²) in [6, 6.07) is 1.91. The van der Waals surface area contributed by atoms with Crippen molar-refractivity contribution in [2.24, 2.45) is 5.92 Å². The Bertz CT molecular complexity index is 504. The maximum absolute atomic E-state index is 4.35. The lowest BCUT2D eigenvalue weighted by molar-refractivity contribution is 0.526. The lowest BCUT2D eigenvalue weighted by Gasteiger charge is -2.11. The Labute approximate surface area is 107 Å². The van der Waals surface area contributed by atoms with Gasteiger partial charge < -0.3 is 9.88 Å². The molecule has 0 amide bonds. The zero-order valence-corrected chi connectivity index (χ0v) is 11.1. The first-order valence-electron chi connectivity index (χ1n) is 6.18. The topological polar surface area (TPSA) is 55.6 Å². The van der Waals surface area contributed by atoms with E-state index in [0.717, 1.165) is 24.0 Å². The second-order valence-corrected chi connectivity index (χ2v) is 4.75. The molecule has 2 aromatic heterocycles. The molecule has 2 aromatic rings. The van der Waals surface area contributed by atoms with Crippen LogP contribution in [0.4, 0.5) is 5.95 Å². The minimum atomic E-state index is 0.598. The standard InChI is InChI=1S/C13H19N5/c1-10(2)9-18-7-6-15-13(18)16-8-12-4-5-14-11(3)17-12/h4-7,10H,8-9H2,1-3H3,(H,15,16). The molecule has 2 rings (SSSR count). The highest BCUT2D eigenvalue weighted by atomic mass is 15.2. The Kier molecular flexibility index (Phi) is 3.92. The molecule has 0 fully saturated rings. The molecule has 0 spiro atoms. The molecule has 0 bridgehead atoms. The number of hydrogen-bond acceptors (Lipinski definition) is 4. The van der Waals surface area contributed by atoms with Crippen LogP contribution in [0.2, 0.25) is 0 Å². The van der Waals surface area contributed by atoms with Gasteiger partial charge in [0.2, 0.25) is 5.95 Å². The monoisotopic (exact) mass is 245 g/mol. The van der Waals surface area contributed by atoms with Gasteiger partial charge in [-0.25, -0.2) is 15.0 Å². The van der Waals surface area contributed by atoms with Gasteiger partial charge in [-0.1, -0.05) is 13.8 Å². The number of rotatable bonds is 5. The average molecular weight is 245 g/mol. The average Bonchev–Trinajstić information content (AvgIpc) is 2.73. The van der Waals surface area contributed by atoms with Crippen LogP contribution in [0, 0.1) is 12.8 Å². The SMILES string of the molecule is Cc1nccc(CNc2nccn2CC(C)C)n1. The first kappa shape index (κ1) is 12.5. The van der Waals surface area contributed by atoms with Crippen molar-refractivity contribution in [3.05, 3.63) is 36.2 Å². The molecule has 0 aliphatic heterocycles. The summed E-state index contributed by atoms with van der Waals surface area (Å²) in [7, 11) is 0. The molecule has 5 nitrogen and oxygen atoms in total. The number of aryl methyl sites for hydroxylation is 1. The Morgan fingerprint density at radius 3 is 2.83 bits per heavy atom. The van der Waals surface area contributed by atoms with Crippen LogP contribution < -0.4 is 5.32 Å². The van der Waals surface area contributed by atoms with E-state index < -0.39 is 0 Å². The van der Waals surface area contributed by atoms with Gasteiger partial charge in [0.05, 0.1) is 12.2 Å². The van der Waals surface area contributed by atoms with Crippen molar-refractivity contribution in [1.82, 2.24) is 19.5 Å². The number of nitrogens with zero attached hydrogens (tertiary/aromatic N) is 4. The molecular formula is C13H19N5. The third kappa shape index (κ3) is 3.29. The van der Waals surface area contributed by atoms with Crippen molar-refractivity contribution in [3.8, 4) is 0 Å². The summed E-state index contributed by atoms with van der Waals surface area (Å²) in [5.74, 6) is 2.28. The van der Waals surface area contributed by atoms with E-state index in [4.69, 9.17) is 0 Å². The van der Waals surface area contributed by atoms with E-state index in [2.05, 4.69) is 38.7 Å². The number of nitrogens with one attached hydrogen (secondary N) is 1. The fourth-order valence-electron chi connectivity index (χ4n) is 1.79. The maximum atomic E-state index is 4.35. The molecule has 0 saturated heterocycles. The Morgan fingerprint density at radius 2 is 2.11 bits per heavy atom. The number of hydrogen-bond donors (Lipinski definition) is 1. The highest BCUT2D eigenvalue weighted by Gasteiger charge is 2.04. The zero-order valence-electron chi connectivity index (χ0n) is 11.1. The zero-order chi connectivity index (χ0) is 13.0. The van der Waals surface area contributed by atoms with E-state index in [1.54, 1.807) is 6.20 Å². The fraction of sp³-hybridized carbons (Fsp3) is 0.462. The molecule has 2 heterocycles. The van der Waals surface area contributed by atoms with Gasteiger partial charge in [0.25, 0.3) is 0 Å². The van der Waals surface area contributed by atoms with Gasteiger partial charge in [-0.2, -0.15) is 0 Å². The van der Waals surface area contributed by atoms with Crippen LogP contribution in [0.25, 0.3) is 0 Å². The highest BCUT2D eigenvalue weighted by molar-refractivity contribution is 5.27. The molecule has 18 heavy (non-hydrogen) atoms. The summed E-state index contributed by atoms with van der Waals surface area (Å²) in [5, 5.41) is 3.30. The predicted octanol–water partition coefficient (Wildman–Crippen LogP) is 2.25. The molecule has 5 heteroatoms. The van der Waals surface area contributed by atoms with Crippen LogP contribution >= 0.6 is 0 Å². The summed E-state index contributed by atoms with van der Waals surface area (Å²) in [4.78, 5) is 12.7. The van der Waals surface area contributed by atoms with Gasteiger partial charge >= 0.3 is 0 Å². The highest BCUT2D eigenvalue weighted by Crippen LogP contribution is 2.09. The Balaban J connectivity index is 2.00. The molecule has 0 aliphatic carbocycles. The summed E-state index contributed by atoms with van der Waals surface area (Å²) < 4.78 is 2.12. The first-order chi connectivity index (χ1) is 8.65. The van der Waals surface area contributed by atoms with Gasteiger partial charge in [-0.15, -0.1) is 0 Å². The molecule has 0 aromatic carbocycles. The number of imidazole rings is 1. The van der Waals surface area contributed by atoms with Gasteiger partial charge in [0, 0.05) is 25.1 Å². The smallest absolute Gasteiger partial charge is 0.203 e. The Hall–Kier alpha value is -1.91. The maximum Gasteiger partial charge on any atom is 0.203 e. The quantitative estimate of drug-likeness (QED) is 0.877. The van der Waals surface area contributed by atoms with Crippen LogP contribution in [0.3, 0.4) is 0 Å². The van der Waals surface area contributed by atoms with Crippen molar-refractivity contribution >= 4 is 5.95 Å². The van der Waals surface area contributed by atoms with Gasteiger partial charge in [0.1, 0.15) is 5.82 Å². The summed E-state index contributed by atoms with van der Waals surface area (Å²) in [6.45, 7) is 7.90. The largest absolute Gasteiger partial charge is 0.350 e. The van der Waals surface area contributed by atoms with E-state index in [1.807, 2.05) is 25.4 Å². The fourth-order valence-corrected chi connectivity index (χ4v) is 1.79. The predicted molar refractivity (Wildman–Crippen MR) is 71.2 cm³/mol. The molecule has 0 unspecified atom stereocenters. The second-order valence-electron chi connectivity index (χ2n) is 4.75. The molecule has 0 radical (unpaired) electrons. The lowest BCUT2D eigenvalue weighted by Crippen LogP contribution is -2.11. The van der Waals surface area contributed by atoms with Gasteiger partial charge in [-0.3, -0.25) is 0 Å². The van der Waals surface area contributed by atoms with Crippen LogP contribution in [-0.2, 0) is 13.1 Å². The van der Waals surface area contributed by atoms with Crippen molar-refractivity contribution in [3.63, 3.8) is 0 Å². The summed E-state index contributed by atoms with van der Waals surface area (Å²) >= 11 is 0. The molecule has 0 aliphatic rings. The van der Waals surface area contributed by atoms with E-state index in [1.165, 1.54) is 0 Å². The minimum absolute atomic E-state index is 0.598. The minimum Gasteiger partial charge on any atom is -0.350 e. The molecule has 1 N–H and O–H groups in total. The second kappa shape index (κ2) is 5.62. The van der Waals surface area contributed by atoms with E-state index >= 15 is 0 Å². The van der Waals surface area contributed by atoms with Crippen LogP contribution in [0.5, 0.6) is 0 Å². The molecule has 0 saturated carbocycles. The normalized spacial score (nSPS) is 10.9. The molecule has 96 valence electrons.